The Bertz CT molecular complexity index is 837. The number of aromatic nitrogens is 1. The fourth-order valence-corrected chi connectivity index (χ4v) is 2.64. The molecule has 2 N–H and O–H groups in total. The zero-order valence-corrected chi connectivity index (χ0v) is 13.8. The number of fused-ring (bicyclic) bond motifs is 1. The van der Waals surface area contributed by atoms with Crippen molar-refractivity contribution in [2.24, 2.45) is 0 Å². The molecule has 0 saturated carbocycles. The molecule has 3 nitrogen and oxygen atoms in total. The fourth-order valence-electron chi connectivity index (χ4n) is 2.64. The highest BCUT2D eigenvalue weighted by Gasteiger charge is 2.13. The zero-order chi connectivity index (χ0) is 17.0. The Kier molecular flexibility index (Phi) is 5.22. The van der Waals surface area contributed by atoms with Crippen LogP contribution in [-0.4, -0.2) is 10.1 Å². The largest absolute Gasteiger partial charge is 0.507 e. The lowest BCUT2D eigenvalue weighted by molar-refractivity contribution is 0.465. The van der Waals surface area contributed by atoms with Gasteiger partial charge in [0.25, 0.3) is 5.56 Å². The van der Waals surface area contributed by atoms with Crippen molar-refractivity contribution >= 4 is 10.9 Å². The molecule has 2 rings (SSSR count). The van der Waals surface area contributed by atoms with Gasteiger partial charge in [-0.1, -0.05) is 23.8 Å². The minimum Gasteiger partial charge on any atom is -0.507 e. The number of hydrogen-bond acceptors (Lipinski definition) is 2. The van der Waals surface area contributed by atoms with E-state index < -0.39 is 0 Å². The van der Waals surface area contributed by atoms with Gasteiger partial charge in [0.15, 0.2) is 0 Å². The van der Waals surface area contributed by atoms with E-state index in [1.165, 1.54) is 5.57 Å². The summed E-state index contributed by atoms with van der Waals surface area (Å²) < 4.78 is 0. The molecule has 0 unspecified atom stereocenters. The van der Waals surface area contributed by atoms with Gasteiger partial charge in [-0.2, -0.15) is 0 Å². The summed E-state index contributed by atoms with van der Waals surface area (Å²) >= 11 is 0. The number of benzene rings is 1. The number of rotatable bonds is 6. The van der Waals surface area contributed by atoms with Gasteiger partial charge in [-0.3, -0.25) is 4.79 Å². The van der Waals surface area contributed by atoms with Crippen molar-refractivity contribution in [1.29, 1.82) is 0 Å². The number of allylic oxidation sites excluding steroid dienone is 4. The summed E-state index contributed by atoms with van der Waals surface area (Å²) in [6.07, 6.45) is 7.19. The van der Waals surface area contributed by atoms with Crippen LogP contribution in [0.5, 0.6) is 5.75 Å². The first-order chi connectivity index (χ1) is 11.0. The molecule has 0 aliphatic rings. The molecular formula is C20H23NO2. The molecule has 0 aliphatic carbocycles. The summed E-state index contributed by atoms with van der Waals surface area (Å²) in [6.45, 7) is 11.5. The van der Waals surface area contributed by atoms with Crippen LogP contribution in [0.4, 0.5) is 0 Å². The molecule has 1 aromatic heterocycles. The van der Waals surface area contributed by atoms with E-state index in [0.717, 1.165) is 16.5 Å². The molecule has 0 aliphatic heterocycles. The van der Waals surface area contributed by atoms with E-state index in [1.54, 1.807) is 12.2 Å². The van der Waals surface area contributed by atoms with Crippen LogP contribution in [0.2, 0.25) is 0 Å². The van der Waals surface area contributed by atoms with E-state index in [2.05, 4.69) is 18.1 Å². The molecule has 0 bridgehead atoms. The number of phenolic OH excluding ortho intramolecular Hbond substituents is 1. The minimum absolute atomic E-state index is 0.115. The summed E-state index contributed by atoms with van der Waals surface area (Å²) in [5.74, 6) is 0.213. The minimum atomic E-state index is -0.115. The third-order valence-electron chi connectivity index (χ3n) is 3.81. The molecule has 1 aromatic carbocycles. The van der Waals surface area contributed by atoms with Gasteiger partial charge in [0, 0.05) is 11.1 Å². The number of pyridine rings is 1. The molecule has 0 spiro atoms. The maximum atomic E-state index is 12.3. The van der Waals surface area contributed by atoms with Gasteiger partial charge < -0.3 is 10.1 Å². The van der Waals surface area contributed by atoms with Crippen molar-refractivity contribution < 1.29 is 5.11 Å². The maximum absolute atomic E-state index is 12.3. The van der Waals surface area contributed by atoms with Gasteiger partial charge in [-0.25, -0.2) is 0 Å². The van der Waals surface area contributed by atoms with Gasteiger partial charge >= 0.3 is 0 Å². The molecular weight excluding hydrogens is 286 g/mol. The van der Waals surface area contributed by atoms with Crippen molar-refractivity contribution in [2.75, 3.05) is 0 Å². The molecule has 0 radical (unpaired) electrons. The lowest BCUT2D eigenvalue weighted by atomic mass is 9.97. The van der Waals surface area contributed by atoms with Crippen LogP contribution in [0.3, 0.4) is 0 Å². The molecule has 0 atom stereocenters. The Morgan fingerprint density at radius 3 is 2.39 bits per heavy atom. The number of nitrogens with one attached hydrogen (secondary N) is 1. The van der Waals surface area contributed by atoms with Gasteiger partial charge in [0.05, 0.1) is 5.52 Å². The van der Waals surface area contributed by atoms with Crippen LogP contribution in [0.15, 0.2) is 53.9 Å². The summed E-state index contributed by atoms with van der Waals surface area (Å²) in [5, 5.41) is 11.4. The van der Waals surface area contributed by atoms with Gasteiger partial charge in [0.1, 0.15) is 5.75 Å². The number of phenols is 1. The smallest absolute Gasteiger partial charge is 0.251 e. The summed E-state index contributed by atoms with van der Waals surface area (Å²) in [6, 6.07) is 3.83. The predicted molar refractivity (Wildman–Crippen MR) is 97.2 cm³/mol. The molecule has 0 saturated heterocycles. The molecule has 0 amide bonds. The summed E-state index contributed by atoms with van der Waals surface area (Å²) in [7, 11) is 0. The SMILES string of the molecule is C=CCc1cc2cc(CC=C(C)C)c(=O)[nH]c2c(CC=C)c1O. The average Bonchev–Trinajstić information content (AvgIpc) is 2.50. The lowest BCUT2D eigenvalue weighted by Gasteiger charge is -2.12. The number of H-pyrrole nitrogens is 1. The first-order valence-corrected chi connectivity index (χ1v) is 7.72. The fraction of sp³-hybridized carbons (Fsp3) is 0.250. The molecule has 23 heavy (non-hydrogen) atoms. The zero-order valence-electron chi connectivity index (χ0n) is 13.8. The Hall–Kier alpha value is -2.55. The van der Waals surface area contributed by atoms with Crippen molar-refractivity contribution in [2.45, 2.75) is 33.1 Å². The Labute approximate surface area is 136 Å². The highest BCUT2D eigenvalue weighted by Crippen LogP contribution is 2.31. The van der Waals surface area contributed by atoms with Crippen molar-refractivity contribution in [3.63, 3.8) is 0 Å². The quantitative estimate of drug-likeness (QED) is 0.786. The molecule has 120 valence electrons. The standard InChI is InChI=1S/C20H23NO2/c1-5-7-14-11-16-12-15(10-9-13(3)4)20(23)21-18(16)17(8-6-2)19(14)22/h5-6,9,11-12,22H,1-2,7-8,10H2,3-4H3,(H,21,23). The molecule has 3 heteroatoms. The van der Waals surface area contributed by atoms with Crippen LogP contribution in [0.1, 0.15) is 30.5 Å². The molecule has 0 fully saturated rings. The second-order valence-corrected chi connectivity index (χ2v) is 5.92. The Morgan fingerprint density at radius 1 is 1.13 bits per heavy atom. The van der Waals surface area contributed by atoms with Crippen molar-refractivity contribution in [1.82, 2.24) is 4.98 Å². The van der Waals surface area contributed by atoms with Crippen molar-refractivity contribution in [3.8, 4) is 5.75 Å². The van der Waals surface area contributed by atoms with Gasteiger partial charge in [-0.15, -0.1) is 13.2 Å². The van der Waals surface area contributed by atoms with E-state index in [4.69, 9.17) is 0 Å². The third-order valence-corrected chi connectivity index (χ3v) is 3.81. The van der Waals surface area contributed by atoms with Gasteiger partial charge in [-0.05, 0) is 56.2 Å². The highest BCUT2D eigenvalue weighted by atomic mass is 16.3. The average molecular weight is 309 g/mol. The normalized spacial score (nSPS) is 10.5. The number of hydrogen-bond donors (Lipinski definition) is 2. The van der Waals surface area contributed by atoms with Crippen LogP contribution in [0, 0.1) is 0 Å². The van der Waals surface area contributed by atoms with Crippen molar-refractivity contribution in [3.05, 3.63) is 76.1 Å². The monoisotopic (exact) mass is 309 g/mol. The summed E-state index contributed by atoms with van der Waals surface area (Å²) in [5.41, 5.74) is 3.98. The van der Waals surface area contributed by atoms with Gasteiger partial charge in [0.2, 0.25) is 0 Å². The maximum Gasteiger partial charge on any atom is 0.251 e. The predicted octanol–water partition coefficient (Wildman–Crippen LogP) is 4.20. The topological polar surface area (TPSA) is 53.1 Å². The van der Waals surface area contributed by atoms with Crippen LogP contribution >= 0.6 is 0 Å². The second-order valence-electron chi connectivity index (χ2n) is 5.92. The third kappa shape index (κ3) is 3.62. The van der Waals surface area contributed by atoms with E-state index in [-0.39, 0.29) is 11.3 Å². The first kappa shape index (κ1) is 16.8. The van der Waals surface area contributed by atoms with Crippen LogP contribution < -0.4 is 5.56 Å². The van der Waals surface area contributed by atoms with E-state index in [1.807, 2.05) is 32.1 Å². The Balaban J connectivity index is 2.72. The van der Waals surface area contributed by atoms with E-state index >= 15 is 0 Å². The Morgan fingerprint density at radius 2 is 1.78 bits per heavy atom. The lowest BCUT2D eigenvalue weighted by Crippen LogP contribution is -2.13. The summed E-state index contributed by atoms with van der Waals surface area (Å²) in [4.78, 5) is 15.2. The van der Waals surface area contributed by atoms with Crippen LogP contribution in [-0.2, 0) is 19.3 Å². The van der Waals surface area contributed by atoms with Crippen LogP contribution in [0.25, 0.3) is 10.9 Å². The van der Waals surface area contributed by atoms with E-state index in [9.17, 15) is 9.90 Å². The highest BCUT2D eigenvalue weighted by molar-refractivity contribution is 5.86. The second kappa shape index (κ2) is 7.14. The molecule has 2 aromatic rings. The molecule has 1 heterocycles. The first-order valence-electron chi connectivity index (χ1n) is 7.72. The van der Waals surface area contributed by atoms with E-state index in [0.29, 0.717) is 30.3 Å². The number of aromatic amines is 1. The number of aromatic hydroxyl groups is 1.